The van der Waals surface area contributed by atoms with Gasteiger partial charge in [0.25, 0.3) is 0 Å². The van der Waals surface area contributed by atoms with Gasteiger partial charge in [-0.15, -0.1) is 0 Å². The molecule has 0 aromatic heterocycles. The fourth-order valence-electron chi connectivity index (χ4n) is 0.634. The van der Waals surface area contributed by atoms with Crippen LogP contribution in [0.25, 0.3) is 0 Å². The van der Waals surface area contributed by atoms with Crippen molar-refractivity contribution in [2.75, 3.05) is 7.11 Å². The van der Waals surface area contributed by atoms with Gasteiger partial charge in [-0.25, -0.2) is 4.79 Å². The second-order valence-corrected chi connectivity index (χ2v) is 2.29. The van der Waals surface area contributed by atoms with Crippen LogP contribution in [0, 0.1) is 12.0 Å². The van der Waals surface area contributed by atoms with Crippen LogP contribution in [0.1, 0.15) is 32.6 Å². The monoisotopic (exact) mass is 170 g/mol. The molecule has 0 aromatic carbocycles. The Morgan fingerprint density at radius 3 is 2.75 bits per heavy atom. The minimum atomic E-state index is -0.752. The highest BCUT2D eigenvalue weighted by molar-refractivity contribution is 5.60. The summed E-state index contributed by atoms with van der Waals surface area (Å²) in [5, 5.41) is 0. The maximum Gasteiger partial charge on any atom is 0.522 e. The molecule has 12 heavy (non-hydrogen) atoms. The maximum atomic E-state index is 10.4. The summed E-state index contributed by atoms with van der Waals surface area (Å²) in [6, 6.07) is 0. The Labute approximate surface area is 73.0 Å². The third-order valence-electron chi connectivity index (χ3n) is 1.28. The van der Waals surface area contributed by atoms with Crippen LogP contribution in [0.4, 0.5) is 4.79 Å². The van der Waals surface area contributed by atoms with Gasteiger partial charge in [-0.3, -0.25) is 0 Å². The van der Waals surface area contributed by atoms with Crippen molar-refractivity contribution in [1.29, 1.82) is 0 Å². The molecule has 0 bridgehead atoms. The molecule has 0 saturated carbocycles. The van der Waals surface area contributed by atoms with E-state index in [1.807, 2.05) is 0 Å². The van der Waals surface area contributed by atoms with E-state index in [2.05, 4.69) is 28.4 Å². The number of unbranched alkanes of at least 4 members (excludes halogenated alkanes) is 3. The first-order valence-electron chi connectivity index (χ1n) is 4.04. The molecule has 68 valence electrons. The average Bonchev–Trinajstić information content (AvgIpc) is 2.10. The summed E-state index contributed by atoms with van der Waals surface area (Å²) >= 11 is 0. The molecule has 0 fully saturated rings. The minimum Gasteiger partial charge on any atom is -0.437 e. The molecule has 0 heterocycles. The Hall–Kier alpha value is -1.17. The largest absolute Gasteiger partial charge is 0.522 e. The Bertz CT molecular complexity index is 176. The molecule has 0 spiro atoms. The lowest BCUT2D eigenvalue weighted by Crippen LogP contribution is -1.98. The molecule has 0 aliphatic heterocycles. The first-order valence-corrected chi connectivity index (χ1v) is 4.04. The fraction of sp³-hybridized carbons (Fsp3) is 0.667. The van der Waals surface area contributed by atoms with Gasteiger partial charge in [0.05, 0.1) is 7.11 Å². The van der Waals surface area contributed by atoms with Crippen LogP contribution in [0.15, 0.2) is 0 Å². The van der Waals surface area contributed by atoms with E-state index < -0.39 is 6.16 Å². The van der Waals surface area contributed by atoms with Gasteiger partial charge in [0.15, 0.2) is 0 Å². The predicted octanol–water partition coefficient (Wildman–Crippen LogP) is 2.31. The molecule has 0 aliphatic carbocycles. The van der Waals surface area contributed by atoms with Crippen LogP contribution in [-0.4, -0.2) is 13.3 Å². The summed E-state index contributed by atoms with van der Waals surface area (Å²) < 4.78 is 8.56. The maximum absolute atomic E-state index is 10.4. The van der Waals surface area contributed by atoms with Crippen molar-refractivity contribution in [3.63, 3.8) is 0 Å². The lowest BCUT2D eigenvalue weighted by molar-refractivity contribution is 0.112. The van der Waals surface area contributed by atoms with Gasteiger partial charge in [0.1, 0.15) is 6.11 Å². The van der Waals surface area contributed by atoms with E-state index in [9.17, 15) is 4.79 Å². The van der Waals surface area contributed by atoms with Crippen molar-refractivity contribution in [1.82, 2.24) is 0 Å². The Morgan fingerprint density at radius 2 is 2.17 bits per heavy atom. The minimum absolute atomic E-state index is 0.752. The summed E-state index contributed by atoms with van der Waals surface area (Å²) in [4.78, 5) is 10.4. The molecule has 0 unspecified atom stereocenters. The summed E-state index contributed by atoms with van der Waals surface area (Å²) in [6.45, 7) is 2.12. The van der Waals surface area contributed by atoms with Crippen LogP contribution in [0.5, 0.6) is 0 Å². The van der Waals surface area contributed by atoms with Crippen LogP contribution in [0.2, 0.25) is 0 Å². The number of carbonyl (C=O) groups is 1. The molecule has 0 rings (SSSR count). The summed E-state index contributed by atoms with van der Waals surface area (Å²) in [7, 11) is 1.25. The number of methoxy groups -OCH3 is 1. The lowest BCUT2D eigenvalue weighted by atomic mass is 10.2. The van der Waals surface area contributed by atoms with E-state index in [-0.39, 0.29) is 0 Å². The average molecular weight is 170 g/mol. The molecule has 0 radical (unpaired) electrons. The van der Waals surface area contributed by atoms with Gasteiger partial charge in [0.2, 0.25) is 0 Å². The lowest BCUT2D eigenvalue weighted by Gasteiger charge is -1.90. The highest BCUT2D eigenvalue weighted by Gasteiger charge is 1.93. The van der Waals surface area contributed by atoms with E-state index >= 15 is 0 Å². The topological polar surface area (TPSA) is 35.5 Å². The van der Waals surface area contributed by atoms with E-state index in [1.165, 1.54) is 13.5 Å². The summed E-state index contributed by atoms with van der Waals surface area (Å²) in [5.41, 5.74) is 0. The highest BCUT2D eigenvalue weighted by atomic mass is 16.7. The summed E-state index contributed by atoms with van der Waals surface area (Å²) in [5.74, 6) is 2.71. The number of ether oxygens (including phenoxy) is 2. The van der Waals surface area contributed by atoms with E-state index in [0.717, 1.165) is 19.3 Å². The molecule has 0 atom stereocenters. The number of rotatable bonds is 3. The number of carbonyl (C=O) groups excluding carboxylic acids is 1. The zero-order valence-electron chi connectivity index (χ0n) is 7.55. The third-order valence-corrected chi connectivity index (χ3v) is 1.28. The molecular formula is C9H14O3. The standard InChI is InChI=1S/C9H14O3/c1-3-4-5-6-7-8-12-9(10)11-2/h3-6H2,1-2H3. The van der Waals surface area contributed by atoms with Gasteiger partial charge in [-0.1, -0.05) is 25.7 Å². The highest BCUT2D eigenvalue weighted by Crippen LogP contribution is 1.96. The van der Waals surface area contributed by atoms with Crippen molar-refractivity contribution in [3.8, 4) is 12.0 Å². The third kappa shape index (κ3) is 6.94. The van der Waals surface area contributed by atoms with E-state index in [4.69, 9.17) is 0 Å². The molecule has 0 amide bonds. The van der Waals surface area contributed by atoms with Gasteiger partial charge >= 0.3 is 6.16 Å². The Balaban J connectivity index is 3.28. The zero-order valence-corrected chi connectivity index (χ0v) is 7.55. The van der Waals surface area contributed by atoms with Gasteiger partial charge in [-0.2, -0.15) is 0 Å². The van der Waals surface area contributed by atoms with Crippen LogP contribution < -0.4 is 0 Å². The molecule has 3 nitrogen and oxygen atoms in total. The smallest absolute Gasteiger partial charge is 0.437 e. The van der Waals surface area contributed by atoms with Crippen molar-refractivity contribution in [2.45, 2.75) is 32.6 Å². The van der Waals surface area contributed by atoms with Crippen LogP contribution in [-0.2, 0) is 9.47 Å². The molecular weight excluding hydrogens is 156 g/mol. The second-order valence-electron chi connectivity index (χ2n) is 2.29. The van der Waals surface area contributed by atoms with E-state index in [1.54, 1.807) is 0 Å². The van der Waals surface area contributed by atoms with Crippen LogP contribution >= 0.6 is 0 Å². The van der Waals surface area contributed by atoms with Crippen molar-refractivity contribution >= 4 is 6.16 Å². The Kier molecular flexibility index (Phi) is 7.16. The number of hydrogen-bond acceptors (Lipinski definition) is 3. The van der Waals surface area contributed by atoms with Crippen molar-refractivity contribution in [2.24, 2.45) is 0 Å². The normalized spacial score (nSPS) is 8.17. The number of hydrogen-bond donors (Lipinski definition) is 0. The zero-order chi connectivity index (χ0) is 9.23. The predicted molar refractivity (Wildman–Crippen MR) is 45.4 cm³/mol. The van der Waals surface area contributed by atoms with Gasteiger partial charge in [0, 0.05) is 6.42 Å². The van der Waals surface area contributed by atoms with Crippen molar-refractivity contribution < 1.29 is 14.3 Å². The Morgan fingerprint density at radius 1 is 1.42 bits per heavy atom. The van der Waals surface area contributed by atoms with Crippen molar-refractivity contribution in [3.05, 3.63) is 0 Å². The van der Waals surface area contributed by atoms with Gasteiger partial charge < -0.3 is 9.47 Å². The van der Waals surface area contributed by atoms with Gasteiger partial charge in [-0.05, 0) is 6.42 Å². The molecule has 3 heteroatoms. The molecule has 0 aromatic rings. The molecule has 0 saturated heterocycles. The SMILES string of the molecule is CCCCCC#COC(=O)OC. The molecule has 0 N–H and O–H groups in total. The fourth-order valence-corrected chi connectivity index (χ4v) is 0.634. The quantitative estimate of drug-likeness (QED) is 0.370. The summed E-state index contributed by atoms with van der Waals surface area (Å²) in [6.07, 6.45) is 5.66. The van der Waals surface area contributed by atoms with E-state index in [0.29, 0.717) is 0 Å². The first kappa shape index (κ1) is 10.8. The molecule has 0 aliphatic rings. The first-order chi connectivity index (χ1) is 5.81. The second kappa shape index (κ2) is 7.93. The van der Waals surface area contributed by atoms with Crippen LogP contribution in [0.3, 0.4) is 0 Å².